The average Bonchev–Trinajstić information content (AvgIpc) is 3.23. The maximum absolute atomic E-state index is 13.7. The van der Waals surface area contributed by atoms with Gasteiger partial charge in [0.15, 0.2) is 11.6 Å². The predicted molar refractivity (Wildman–Crippen MR) is 152 cm³/mol. The third-order valence-corrected chi connectivity index (χ3v) is 9.28. The van der Waals surface area contributed by atoms with Crippen molar-refractivity contribution < 1.29 is 9.53 Å². The second-order valence-electron chi connectivity index (χ2n) is 11.8. The van der Waals surface area contributed by atoms with Crippen LogP contribution in [-0.2, 0) is 20.6 Å². The Balaban J connectivity index is 1.25. The molecule has 8 rings (SSSR count). The largest absolute Gasteiger partial charge is 0.494 e. The van der Waals surface area contributed by atoms with Crippen LogP contribution in [0, 0.1) is 11.8 Å². The number of nitrogens with two attached hydrogens (primary N) is 1. The Bertz CT molecular complexity index is 1850. The number of aryl methyl sites for hydroxylation is 2. The Morgan fingerprint density at radius 2 is 1.93 bits per heavy atom. The summed E-state index contributed by atoms with van der Waals surface area (Å²) < 4.78 is 11.8. The lowest BCUT2D eigenvalue weighted by atomic mass is 10.1. The maximum Gasteiger partial charge on any atom is 0.254 e. The summed E-state index contributed by atoms with van der Waals surface area (Å²) in [5.74, 6) is 3.04. The molecule has 12 nitrogen and oxygen atoms in total. The summed E-state index contributed by atoms with van der Waals surface area (Å²) >= 11 is 0. The molecule has 1 aromatic carbocycles. The van der Waals surface area contributed by atoms with Gasteiger partial charge in [0, 0.05) is 50.2 Å². The fourth-order valence-electron chi connectivity index (χ4n) is 6.89. The number of fused-ring (bicyclic) bond motifs is 4. The number of carbonyl (C=O) groups is 1. The number of pyridine rings is 1. The molecule has 5 heterocycles. The lowest BCUT2D eigenvalue weighted by Gasteiger charge is -2.27. The zero-order valence-electron chi connectivity index (χ0n) is 23.4. The summed E-state index contributed by atoms with van der Waals surface area (Å²) in [7, 11) is 5.45. The van der Waals surface area contributed by atoms with Gasteiger partial charge in [0.05, 0.1) is 18.3 Å². The van der Waals surface area contributed by atoms with Gasteiger partial charge in [0.1, 0.15) is 22.6 Å². The van der Waals surface area contributed by atoms with E-state index in [1.165, 1.54) is 12.8 Å². The second kappa shape index (κ2) is 8.84. The van der Waals surface area contributed by atoms with Crippen molar-refractivity contribution in [2.75, 3.05) is 13.7 Å². The number of amides is 1. The molecule has 2 unspecified atom stereocenters. The molecule has 3 aliphatic rings. The van der Waals surface area contributed by atoms with E-state index in [2.05, 4.69) is 36.8 Å². The number of methoxy groups -OCH3 is 1. The van der Waals surface area contributed by atoms with Crippen LogP contribution in [0.4, 0.5) is 0 Å². The average molecular weight is 553 g/mol. The Hall–Kier alpha value is -4.32. The first-order chi connectivity index (χ1) is 19.9. The number of likely N-dealkylation sites (tertiary alicyclic amines) is 1. The summed E-state index contributed by atoms with van der Waals surface area (Å²) in [6.45, 7) is 1.58. The van der Waals surface area contributed by atoms with Crippen molar-refractivity contribution in [1.29, 1.82) is 0 Å². The topological polar surface area (TPSA) is 135 Å². The molecule has 3 atom stereocenters. The molecule has 12 heteroatoms. The summed E-state index contributed by atoms with van der Waals surface area (Å²) in [6.07, 6.45) is 4.48. The van der Waals surface area contributed by atoms with E-state index in [4.69, 9.17) is 20.4 Å². The number of carbonyl (C=O) groups excluding carboxylic acids is 1. The summed E-state index contributed by atoms with van der Waals surface area (Å²) in [4.78, 5) is 25.7. The highest BCUT2D eigenvalue weighted by Gasteiger charge is 2.47. The van der Waals surface area contributed by atoms with E-state index in [-0.39, 0.29) is 18.0 Å². The predicted octanol–water partition coefficient (Wildman–Crippen LogP) is 2.76. The number of rotatable bonds is 6. The van der Waals surface area contributed by atoms with E-state index in [1.807, 2.05) is 37.2 Å². The van der Waals surface area contributed by atoms with E-state index in [0.717, 1.165) is 65.2 Å². The van der Waals surface area contributed by atoms with E-state index >= 15 is 0 Å². The zero-order chi connectivity index (χ0) is 28.0. The minimum atomic E-state index is -0.00195. The zero-order valence-corrected chi connectivity index (χ0v) is 23.4. The van der Waals surface area contributed by atoms with Gasteiger partial charge in [0.2, 0.25) is 0 Å². The fourth-order valence-corrected chi connectivity index (χ4v) is 6.89. The van der Waals surface area contributed by atoms with E-state index in [0.29, 0.717) is 29.0 Å². The molecular weight excluding hydrogens is 520 g/mol. The molecule has 2 bridgehead atoms. The standard InChI is InChI=1S/C29H32N10O2/c1-36-25-20(10-18(12-23(25)41-3)29(40)39-14-17-7-9-21(39)24(17)30)32-28(36)22-11-16-6-8-19(27-33-34-35-37(27)2)31-26(16)38(22)13-15-4-5-15/h6,8,10-12,15,17,21,24H,4-5,7,9,13-14,30H2,1-3H3/t17?,21?,24-/m1/s1. The first-order valence-corrected chi connectivity index (χ1v) is 14.3. The van der Waals surface area contributed by atoms with Gasteiger partial charge < -0.3 is 24.5 Å². The molecule has 1 saturated heterocycles. The normalized spacial score (nSPS) is 22.0. The molecule has 210 valence electrons. The summed E-state index contributed by atoms with van der Waals surface area (Å²) in [5, 5.41) is 12.9. The molecule has 2 N–H and O–H groups in total. The lowest BCUT2D eigenvalue weighted by Crippen LogP contribution is -2.41. The van der Waals surface area contributed by atoms with Crippen LogP contribution in [0.15, 0.2) is 30.3 Å². The fraction of sp³-hybridized carbons (Fsp3) is 0.448. The van der Waals surface area contributed by atoms with Gasteiger partial charge in [0.25, 0.3) is 5.91 Å². The van der Waals surface area contributed by atoms with Crippen LogP contribution >= 0.6 is 0 Å². The molecule has 5 aromatic rings. The van der Waals surface area contributed by atoms with E-state index < -0.39 is 0 Å². The van der Waals surface area contributed by atoms with E-state index in [9.17, 15) is 4.79 Å². The Morgan fingerprint density at radius 3 is 2.61 bits per heavy atom. The third kappa shape index (κ3) is 3.69. The first-order valence-electron chi connectivity index (χ1n) is 14.3. The van der Waals surface area contributed by atoms with Gasteiger partial charge in [-0.1, -0.05) is 0 Å². The minimum Gasteiger partial charge on any atom is -0.494 e. The number of piperidine rings is 1. The number of aromatic nitrogens is 8. The molecule has 1 amide bonds. The van der Waals surface area contributed by atoms with Crippen LogP contribution in [0.5, 0.6) is 5.75 Å². The Kier molecular flexibility index (Phi) is 5.28. The highest BCUT2D eigenvalue weighted by atomic mass is 16.5. The van der Waals surface area contributed by atoms with Crippen molar-refractivity contribution in [3.05, 3.63) is 35.9 Å². The van der Waals surface area contributed by atoms with Gasteiger partial charge in [-0.15, -0.1) is 5.10 Å². The molecule has 4 aromatic heterocycles. The monoisotopic (exact) mass is 552 g/mol. The molecule has 0 radical (unpaired) electrons. The molecular formula is C29H32N10O2. The van der Waals surface area contributed by atoms with Gasteiger partial charge in [-0.3, -0.25) is 4.79 Å². The molecule has 3 fully saturated rings. The second-order valence-corrected chi connectivity index (χ2v) is 11.8. The van der Waals surface area contributed by atoms with Crippen LogP contribution in [0.2, 0.25) is 0 Å². The molecule has 0 spiro atoms. The number of imidazole rings is 1. The van der Waals surface area contributed by atoms with Crippen LogP contribution < -0.4 is 10.5 Å². The van der Waals surface area contributed by atoms with Gasteiger partial charge in [-0.25, -0.2) is 14.6 Å². The van der Waals surface area contributed by atoms with Gasteiger partial charge in [-0.2, -0.15) is 0 Å². The van der Waals surface area contributed by atoms with Crippen molar-refractivity contribution >= 4 is 28.0 Å². The number of hydrogen-bond acceptors (Lipinski definition) is 8. The van der Waals surface area contributed by atoms with Crippen LogP contribution in [0.3, 0.4) is 0 Å². The van der Waals surface area contributed by atoms with Crippen molar-refractivity contribution in [2.24, 2.45) is 31.7 Å². The molecule has 1 aliphatic heterocycles. The first kappa shape index (κ1) is 24.5. The van der Waals surface area contributed by atoms with Crippen LogP contribution in [-0.4, -0.2) is 75.9 Å². The van der Waals surface area contributed by atoms with Crippen molar-refractivity contribution in [1.82, 2.24) is 44.2 Å². The smallest absolute Gasteiger partial charge is 0.254 e. The number of benzene rings is 1. The highest BCUT2D eigenvalue weighted by Crippen LogP contribution is 2.40. The van der Waals surface area contributed by atoms with Crippen molar-refractivity contribution in [3.63, 3.8) is 0 Å². The maximum atomic E-state index is 13.7. The molecule has 2 saturated carbocycles. The quantitative estimate of drug-likeness (QED) is 0.340. The van der Waals surface area contributed by atoms with Crippen LogP contribution in [0.1, 0.15) is 36.0 Å². The van der Waals surface area contributed by atoms with E-state index in [1.54, 1.807) is 11.8 Å². The Morgan fingerprint density at radius 1 is 1.07 bits per heavy atom. The number of hydrogen-bond donors (Lipinski definition) is 1. The molecule has 2 aliphatic carbocycles. The summed E-state index contributed by atoms with van der Waals surface area (Å²) in [5.41, 5.74) is 11.1. The molecule has 41 heavy (non-hydrogen) atoms. The van der Waals surface area contributed by atoms with Crippen molar-refractivity contribution in [3.8, 4) is 28.8 Å². The van der Waals surface area contributed by atoms with Gasteiger partial charge in [-0.05, 0) is 78.3 Å². The third-order valence-electron chi connectivity index (χ3n) is 9.28. The SMILES string of the molecule is COc1cc(C(=O)N2CC3CCC2[C@@H]3N)cc2nc(-c3cc4ccc(-c5nnnn5C)nc4n3CC3CC3)n(C)c12. The lowest BCUT2D eigenvalue weighted by molar-refractivity contribution is 0.0700. The summed E-state index contributed by atoms with van der Waals surface area (Å²) in [6, 6.07) is 10.1. The number of ether oxygens (including phenoxy) is 1. The minimum absolute atomic E-state index is 0.00195. The number of tetrazole rings is 1. The van der Waals surface area contributed by atoms with Crippen LogP contribution in [0.25, 0.3) is 45.1 Å². The van der Waals surface area contributed by atoms with Gasteiger partial charge >= 0.3 is 0 Å². The highest BCUT2D eigenvalue weighted by molar-refractivity contribution is 6.00. The van der Waals surface area contributed by atoms with Crippen molar-refractivity contribution in [2.45, 2.75) is 44.3 Å². The number of nitrogens with zero attached hydrogens (tertiary/aromatic N) is 9. The Labute approximate surface area is 236 Å².